The Hall–Kier alpha value is -2.46. The standard InChI is InChI=1S/C24H25NO2/c1-2-6-20(7-3-1)17-25-18-22-8-4-5-9-23(22)21-12-10-19(11-13-21)16-24-26-14-15-27-24/h1-13,24-25H,14-18H2. The van der Waals surface area contributed by atoms with Crippen molar-refractivity contribution in [2.24, 2.45) is 0 Å². The smallest absolute Gasteiger partial charge is 0.161 e. The van der Waals surface area contributed by atoms with Crippen molar-refractivity contribution in [2.75, 3.05) is 13.2 Å². The molecule has 0 spiro atoms. The second-order valence-corrected chi connectivity index (χ2v) is 6.82. The minimum Gasteiger partial charge on any atom is -0.350 e. The van der Waals surface area contributed by atoms with Crippen molar-refractivity contribution >= 4 is 0 Å². The number of ether oxygens (including phenoxy) is 2. The lowest BCUT2D eigenvalue weighted by Crippen LogP contribution is -2.13. The third kappa shape index (κ3) is 4.83. The van der Waals surface area contributed by atoms with Crippen molar-refractivity contribution in [2.45, 2.75) is 25.8 Å². The normalized spacial score (nSPS) is 14.5. The highest BCUT2D eigenvalue weighted by atomic mass is 16.7. The molecule has 3 heteroatoms. The summed E-state index contributed by atoms with van der Waals surface area (Å²) in [5.74, 6) is 0. The summed E-state index contributed by atoms with van der Waals surface area (Å²) in [5.41, 5.74) is 6.37. The van der Waals surface area contributed by atoms with E-state index in [4.69, 9.17) is 9.47 Å². The molecule has 138 valence electrons. The lowest BCUT2D eigenvalue weighted by molar-refractivity contribution is -0.0399. The van der Waals surface area contributed by atoms with Gasteiger partial charge in [0.15, 0.2) is 6.29 Å². The molecule has 1 aliphatic rings. The molecular weight excluding hydrogens is 334 g/mol. The first-order chi connectivity index (χ1) is 13.4. The third-order valence-electron chi connectivity index (χ3n) is 4.86. The molecule has 3 aromatic carbocycles. The van der Waals surface area contributed by atoms with E-state index in [1.807, 2.05) is 6.07 Å². The number of benzene rings is 3. The highest BCUT2D eigenvalue weighted by Crippen LogP contribution is 2.25. The summed E-state index contributed by atoms with van der Waals surface area (Å²) in [6.45, 7) is 3.12. The van der Waals surface area contributed by atoms with E-state index in [2.05, 4.69) is 78.1 Å². The van der Waals surface area contributed by atoms with Gasteiger partial charge in [-0.15, -0.1) is 0 Å². The van der Waals surface area contributed by atoms with Gasteiger partial charge in [0.2, 0.25) is 0 Å². The van der Waals surface area contributed by atoms with Gasteiger partial charge in [0.25, 0.3) is 0 Å². The second kappa shape index (κ2) is 8.96. The average molecular weight is 359 g/mol. The lowest BCUT2D eigenvalue weighted by atomic mass is 9.98. The molecule has 0 aromatic heterocycles. The van der Waals surface area contributed by atoms with Crippen LogP contribution in [0.1, 0.15) is 16.7 Å². The zero-order chi connectivity index (χ0) is 18.3. The number of hydrogen-bond acceptors (Lipinski definition) is 3. The fourth-order valence-electron chi connectivity index (χ4n) is 3.43. The van der Waals surface area contributed by atoms with Crippen molar-refractivity contribution in [1.82, 2.24) is 5.32 Å². The van der Waals surface area contributed by atoms with Gasteiger partial charge in [0, 0.05) is 19.5 Å². The molecular formula is C24H25NO2. The molecule has 3 aromatic rings. The summed E-state index contributed by atoms with van der Waals surface area (Å²) >= 11 is 0. The molecule has 0 unspecified atom stereocenters. The largest absolute Gasteiger partial charge is 0.350 e. The summed E-state index contributed by atoms with van der Waals surface area (Å²) in [6, 6.07) is 27.8. The second-order valence-electron chi connectivity index (χ2n) is 6.82. The van der Waals surface area contributed by atoms with E-state index in [1.165, 1.54) is 27.8 Å². The zero-order valence-electron chi connectivity index (χ0n) is 15.4. The van der Waals surface area contributed by atoms with Crippen molar-refractivity contribution in [3.8, 4) is 11.1 Å². The van der Waals surface area contributed by atoms with Crippen LogP contribution < -0.4 is 5.32 Å². The number of nitrogens with one attached hydrogen (secondary N) is 1. The Morgan fingerprint density at radius 1 is 0.704 bits per heavy atom. The maximum absolute atomic E-state index is 5.54. The van der Waals surface area contributed by atoms with Crippen LogP contribution in [0.5, 0.6) is 0 Å². The maximum atomic E-state index is 5.54. The summed E-state index contributed by atoms with van der Waals surface area (Å²) in [6.07, 6.45) is 0.714. The first kappa shape index (κ1) is 17.9. The molecule has 0 radical (unpaired) electrons. The van der Waals surface area contributed by atoms with Gasteiger partial charge >= 0.3 is 0 Å². The van der Waals surface area contributed by atoms with Crippen LogP contribution in [0, 0.1) is 0 Å². The molecule has 1 fully saturated rings. The predicted molar refractivity (Wildman–Crippen MR) is 108 cm³/mol. The van der Waals surface area contributed by atoms with Gasteiger partial charge < -0.3 is 14.8 Å². The molecule has 1 saturated heterocycles. The van der Waals surface area contributed by atoms with E-state index in [1.54, 1.807) is 0 Å². The monoisotopic (exact) mass is 359 g/mol. The van der Waals surface area contributed by atoms with E-state index in [0.717, 1.165) is 19.5 Å². The summed E-state index contributed by atoms with van der Waals surface area (Å²) in [7, 11) is 0. The van der Waals surface area contributed by atoms with Crippen LogP contribution in [0.25, 0.3) is 11.1 Å². The van der Waals surface area contributed by atoms with E-state index in [9.17, 15) is 0 Å². The van der Waals surface area contributed by atoms with Crippen LogP contribution in [-0.2, 0) is 29.0 Å². The van der Waals surface area contributed by atoms with Crippen LogP contribution in [0.2, 0.25) is 0 Å². The van der Waals surface area contributed by atoms with Gasteiger partial charge in [-0.1, -0.05) is 78.9 Å². The van der Waals surface area contributed by atoms with E-state index >= 15 is 0 Å². The first-order valence-electron chi connectivity index (χ1n) is 9.53. The third-order valence-corrected chi connectivity index (χ3v) is 4.86. The molecule has 4 rings (SSSR count). The minimum atomic E-state index is -0.0923. The van der Waals surface area contributed by atoms with E-state index in [0.29, 0.717) is 13.2 Å². The highest BCUT2D eigenvalue weighted by molar-refractivity contribution is 5.67. The van der Waals surface area contributed by atoms with E-state index < -0.39 is 0 Å². The molecule has 27 heavy (non-hydrogen) atoms. The summed E-state index contributed by atoms with van der Waals surface area (Å²) in [5, 5.41) is 3.55. The van der Waals surface area contributed by atoms with Crippen molar-refractivity contribution in [3.05, 3.63) is 95.6 Å². The van der Waals surface area contributed by atoms with Crippen LogP contribution in [-0.4, -0.2) is 19.5 Å². The summed E-state index contributed by atoms with van der Waals surface area (Å²) in [4.78, 5) is 0. The average Bonchev–Trinajstić information content (AvgIpc) is 3.23. The SMILES string of the molecule is c1ccc(CNCc2ccccc2-c2ccc(CC3OCCO3)cc2)cc1. The molecule has 1 aliphatic heterocycles. The Morgan fingerprint density at radius 2 is 1.41 bits per heavy atom. The molecule has 0 bridgehead atoms. The molecule has 0 amide bonds. The highest BCUT2D eigenvalue weighted by Gasteiger charge is 2.16. The van der Waals surface area contributed by atoms with Crippen LogP contribution in [0.15, 0.2) is 78.9 Å². The van der Waals surface area contributed by atoms with Gasteiger partial charge in [-0.05, 0) is 27.8 Å². The Bertz CT molecular complexity index is 840. The molecule has 0 saturated carbocycles. The maximum Gasteiger partial charge on any atom is 0.161 e. The molecule has 0 atom stereocenters. The summed E-state index contributed by atoms with van der Waals surface area (Å²) < 4.78 is 11.1. The zero-order valence-corrected chi connectivity index (χ0v) is 15.4. The Morgan fingerprint density at radius 3 is 2.19 bits per heavy atom. The molecule has 1 heterocycles. The minimum absolute atomic E-state index is 0.0923. The molecule has 1 N–H and O–H groups in total. The Kier molecular flexibility index (Phi) is 5.95. The first-order valence-corrected chi connectivity index (χ1v) is 9.53. The predicted octanol–water partition coefficient (Wildman–Crippen LogP) is 4.56. The van der Waals surface area contributed by atoms with Gasteiger partial charge in [-0.3, -0.25) is 0 Å². The molecule has 3 nitrogen and oxygen atoms in total. The van der Waals surface area contributed by atoms with Crippen LogP contribution in [0.4, 0.5) is 0 Å². The topological polar surface area (TPSA) is 30.5 Å². The van der Waals surface area contributed by atoms with Crippen molar-refractivity contribution in [1.29, 1.82) is 0 Å². The molecule has 0 aliphatic carbocycles. The fourth-order valence-corrected chi connectivity index (χ4v) is 3.43. The van der Waals surface area contributed by atoms with Crippen LogP contribution >= 0.6 is 0 Å². The Balaban J connectivity index is 1.42. The number of hydrogen-bond donors (Lipinski definition) is 1. The van der Waals surface area contributed by atoms with Gasteiger partial charge in [-0.25, -0.2) is 0 Å². The van der Waals surface area contributed by atoms with Gasteiger partial charge in [-0.2, -0.15) is 0 Å². The van der Waals surface area contributed by atoms with Crippen LogP contribution in [0.3, 0.4) is 0 Å². The van der Waals surface area contributed by atoms with Gasteiger partial charge in [0.05, 0.1) is 13.2 Å². The van der Waals surface area contributed by atoms with Crippen molar-refractivity contribution in [3.63, 3.8) is 0 Å². The quantitative estimate of drug-likeness (QED) is 0.671. The fraction of sp³-hybridized carbons (Fsp3) is 0.250. The Labute approximate surface area is 161 Å². The van der Waals surface area contributed by atoms with Crippen molar-refractivity contribution < 1.29 is 9.47 Å². The lowest BCUT2D eigenvalue weighted by Gasteiger charge is -2.13. The van der Waals surface area contributed by atoms with Gasteiger partial charge in [0.1, 0.15) is 0 Å². The number of rotatable bonds is 7. The van der Waals surface area contributed by atoms with E-state index in [-0.39, 0.29) is 6.29 Å².